The summed E-state index contributed by atoms with van der Waals surface area (Å²) in [5, 5.41) is 0.620. The monoisotopic (exact) mass is 468 g/mol. The smallest absolute Gasteiger partial charge is 0.338 e. The molecular formula is C24H21ClN2O4S. The molecule has 0 radical (unpaired) electrons. The number of carbonyl (C=O) groups is 1. The van der Waals surface area contributed by atoms with E-state index in [1.54, 1.807) is 49.8 Å². The van der Waals surface area contributed by atoms with Crippen molar-refractivity contribution in [2.75, 3.05) is 13.7 Å². The first-order valence-corrected chi connectivity index (χ1v) is 11.2. The Bertz CT molecular complexity index is 1390. The Morgan fingerprint density at radius 3 is 2.62 bits per heavy atom. The number of hydrogen-bond acceptors (Lipinski definition) is 6. The number of rotatable bonds is 5. The Labute approximate surface area is 193 Å². The molecule has 1 atom stereocenters. The topological polar surface area (TPSA) is 69.9 Å². The molecule has 6 nitrogen and oxygen atoms in total. The zero-order chi connectivity index (χ0) is 22.8. The average Bonchev–Trinajstić information content (AvgIpc) is 3.09. The van der Waals surface area contributed by atoms with Crippen LogP contribution in [0.2, 0.25) is 5.02 Å². The van der Waals surface area contributed by atoms with Crippen LogP contribution in [-0.2, 0) is 9.53 Å². The van der Waals surface area contributed by atoms with E-state index in [9.17, 15) is 9.59 Å². The van der Waals surface area contributed by atoms with Gasteiger partial charge in [0.05, 0.1) is 29.5 Å². The van der Waals surface area contributed by atoms with Gasteiger partial charge in [0, 0.05) is 10.6 Å². The van der Waals surface area contributed by atoms with Crippen LogP contribution in [-0.4, -0.2) is 24.3 Å². The van der Waals surface area contributed by atoms with Crippen LogP contribution in [0.15, 0.2) is 69.6 Å². The predicted octanol–water partition coefficient (Wildman–Crippen LogP) is 3.46. The van der Waals surface area contributed by atoms with Gasteiger partial charge in [0.2, 0.25) is 0 Å². The van der Waals surface area contributed by atoms with Crippen molar-refractivity contribution < 1.29 is 14.3 Å². The lowest BCUT2D eigenvalue weighted by Gasteiger charge is -2.25. The maximum Gasteiger partial charge on any atom is 0.338 e. The largest absolute Gasteiger partial charge is 0.496 e. The van der Waals surface area contributed by atoms with Crippen LogP contribution in [0.1, 0.15) is 31.0 Å². The summed E-state index contributed by atoms with van der Waals surface area (Å²) in [6.45, 7) is 3.72. The zero-order valence-electron chi connectivity index (χ0n) is 17.8. The number of aromatic nitrogens is 1. The summed E-state index contributed by atoms with van der Waals surface area (Å²) in [6, 6.07) is 13.8. The predicted molar refractivity (Wildman–Crippen MR) is 125 cm³/mol. The molecule has 1 unspecified atom stereocenters. The van der Waals surface area contributed by atoms with E-state index in [4.69, 9.17) is 21.1 Å². The molecule has 2 aromatic carbocycles. The maximum absolute atomic E-state index is 13.5. The molecule has 1 aromatic heterocycles. The number of carbonyl (C=O) groups excluding carboxylic acids is 1. The number of halogens is 1. The number of benzene rings is 2. The van der Waals surface area contributed by atoms with Crippen molar-refractivity contribution in [3.8, 4) is 5.75 Å². The van der Waals surface area contributed by atoms with Crippen molar-refractivity contribution in [3.63, 3.8) is 0 Å². The van der Waals surface area contributed by atoms with Gasteiger partial charge in [-0.3, -0.25) is 9.36 Å². The van der Waals surface area contributed by atoms with Gasteiger partial charge in [-0.05, 0) is 43.7 Å². The van der Waals surface area contributed by atoms with Crippen LogP contribution in [0.3, 0.4) is 0 Å². The van der Waals surface area contributed by atoms with Gasteiger partial charge in [0.1, 0.15) is 11.8 Å². The SMILES string of the molecule is CCOC(=O)C1=C(C)N=c2sc(=Cc3ccc(Cl)cc3)c(=O)n2C1c1ccccc1OC. The lowest BCUT2D eigenvalue weighted by Crippen LogP contribution is -2.40. The Kier molecular flexibility index (Phi) is 6.30. The molecule has 4 rings (SSSR count). The molecule has 0 fully saturated rings. The Hall–Kier alpha value is -3.16. The number of hydrogen-bond donors (Lipinski definition) is 0. The summed E-state index contributed by atoms with van der Waals surface area (Å²) < 4.78 is 12.9. The van der Waals surface area contributed by atoms with Gasteiger partial charge in [-0.2, -0.15) is 0 Å². The second-order valence-corrected chi connectivity index (χ2v) is 8.54. The molecule has 164 valence electrons. The second kappa shape index (κ2) is 9.14. The summed E-state index contributed by atoms with van der Waals surface area (Å²) >= 11 is 7.25. The highest BCUT2D eigenvalue weighted by Gasteiger charge is 2.34. The minimum Gasteiger partial charge on any atom is -0.496 e. The Balaban J connectivity index is 1.98. The van der Waals surface area contributed by atoms with Crippen molar-refractivity contribution in [3.05, 3.63) is 95.6 Å². The van der Waals surface area contributed by atoms with Gasteiger partial charge in [-0.15, -0.1) is 0 Å². The van der Waals surface area contributed by atoms with E-state index >= 15 is 0 Å². The summed E-state index contributed by atoms with van der Waals surface area (Å²) in [7, 11) is 1.56. The number of esters is 1. The highest BCUT2D eigenvalue weighted by atomic mass is 35.5. The maximum atomic E-state index is 13.5. The number of ether oxygens (including phenoxy) is 2. The molecule has 0 spiro atoms. The summed E-state index contributed by atoms with van der Waals surface area (Å²) in [5.74, 6) is 0.0675. The summed E-state index contributed by atoms with van der Waals surface area (Å²) in [5.41, 5.74) is 2.12. The zero-order valence-corrected chi connectivity index (χ0v) is 19.4. The van der Waals surface area contributed by atoms with Crippen LogP contribution in [0.4, 0.5) is 0 Å². The highest BCUT2D eigenvalue weighted by Crippen LogP contribution is 2.35. The van der Waals surface area contributed by atoms with Crippen LogP contribution in [0.25, 0.3) is 6.08 Å². The Morgan fingerprint density at radius 2 is 1.94 bits per heavy atom. The van der Waals surface area contributed by atoms with E-state index < -0.39 is 12.0 Å². The molecule has 0 saturated carbocycles. The van der Waals surface area contributed by atoms with Crippen molar-refractivity contribution in [1.29, 1.82) is 0 Å². The lowest BCUT2D eigenvalue weighted by atomic mass is 9.95. The molecule has 0 saturated heterocycles. The van der Waals surface area contributed by atoms with Crippen LogP contribution < -0.4 is 19.6 Å². The van der Waals surface area contributed by atoms with E-state index in [1.807, 2.05) is 30.3 Å². The number of para-hydroxylation sites is 1. The fraction of sp³-hybridized carbons (Fsp3) is 0.208. The standard InChI is InChI=1S/C24H21ClN2O4S/c1-4-31-23(29)20-14(2)26-24-27(21(20)17-7-5-6-8-18(17)30-3)22(28)19(32-24)13-15-9-11-16(25)12-10-15/h5-13,21H,4H2,1-3H3. The number of methoxy groups -OCH3 is 1. The third-order valence-corrected chi connectivity index (χ3v) is 6.35. The second-order valence-electron chi connectivity index (χ2n) is 7.10. The molecule has 1 aliphatic rings. The van der Waals surface area contributed by atoms with Gasteiger partial charge in [0.25, 0.3) is 5.56 Å². The van der Waals surface area contributed by atoms with Gasteiger partial charge < -0.3 is 9.47 Å². The molecule has 0 aliphatic carbocycles. The first kappa shape index (κ1) is 22.0. The minimum absolute atomic E-state index is 0.218. The van der Waals surface area contributed by atoms with E-state index in [1.165, 1.54) is 11.3 Å². The number of thiazole rings is 1. The number of fused-ring (bicyclic) bond motifs is 1. The quantitative estimate of drug-likeness (QED) is 0.538. The highest BCUT2D eigenvalue weighted by molar-refractivity contribution is 7.07. The van der Waals surface area contributed by atoms with E-state index in [0.717, 1.165) is 5.56 Å². The number of allylic oxidation sites excluding steroid dienone is 1. The first-order chi connectivity index (χ1) is 15.4. The molecule has 0 N–H and O–H groups in total. The summed E-state index contributed by atoms with van der Waals surface area (Å²) in [6.07, 6.45) is 1.79. The van der Waals surface area contributed by atoms with Gasteiger partial charge in [-0.1, -0.05) is 53.3 Å². The van der Waals surface area contributed by atoms with Gasteiger partial charge in [-0.25, -0.2) is 9.79 Å². The van der Waals surface area contributed by atoms with Gasteiger partial charge in [0.15, 0.2) is 4.80 Å². The number of nitrogens with zero attached hydrogens (tertiary/aromatic N) is 2. The molecule has 0 amide bonds. The van der Waals surface area contributed by atoms with Crippen molar-refractivity contribution in [2.24, 2.45) is 4.99 Å². The molecule has 8 heteroatoms. The average molecular weight is 469 g/mol. The lowest BCUT2D eigenvalue weighted by molar-refractivity contribution is -0.139. The molecule has 1 aliphatic heterocycles. The molecule has 2 heterocycles. The third-order valence-electron chi connectivity index (χ3n) is 5.12. The van der Waals surface area contributed by atoms with E-state index in [2.05, 4.69) is 4.99 Å². The van der Waals surface area contributed by atoms with Gasteiger partial charge >= 0.3 is 5.97 Å². The molecule has 32 heavy (non-hydrogen) atoms. The van der Waals surface area contributed by atoms with Crippen molar-refractivity contribution >= 4 is 35.0 Å². The molecule has 3 aromatic rings. The first-order valence-electron chi connectivity index (χ1n) is 10.0. The van der Waals surface area contributed by atoms with Crippen LogP contribution >= 0.6 is 22.9 Å². The van der Waals surface area contributed by atoms with Crippen molar-refractivity contribution in [1.82, 2.24) is 4.57 Å². The fourth-order valence-electron chi connectivity index (χ4n) is 3.69. The normalized spacial score (nSPS) is 15.9. The minimum atomic E-state index is -0.714. The third kappa shape index (κ3) is 4.01. The fourth-order valence-corrected chi connectivity index (χ4v) is 4.86. The van der Waals surface area contributed by atoms with Crippen LogP contribution in [0, 0.1) is 0 Å². The van der Waals surface area contributed by atoms with E-state index in [-0.39, 0.29) is 12.2 Å². The summed E-state index contributed by atoms with van der Waals surface area (Å²) in [4.78, 5) is 31.6. The molecule has 0 bridgehead atoms. The van der Waals surface area contributed by atoms with Crippen molar-refractivity contribution in [2.45, 2.75) is 19.9 Å². The Morgan fingerprint density at radius 1 is 1.22 bits per heavy atom. The van der Waals surface area contributed by atoms with E-state index in [0.29, 0.717) is 36.9 Å². The van der Waals surface area contributed by atoms with Crippen LogP contribution in [0.5, 0.6) is 5.75 Å². The molecular weight excluding hydrogens is 448 g/mol.